The normalized spacial score (nSPS) is 17.1. The molecule has 4 heterocycles. The minimum Gasteiger partial charge on any atom is -0.488 e. The summed E-state index contributed by atoms with van der Waals surface area (Å²) < 4.78 is 17.3. The third-order valence-electron chi connectivity index (χ3n) is 5.58. The summed E-state index contributed by atoms with van der Waals surface area (Å²) >= 11 is 7.73. The van der Waals surface area contributed by atoms with E-state index >= 15 is 0 Å². The minimum atomic E-state index is -0.355. The molecule has 0 spiro atoms. The zero-order valence-corrected chi connectivity index (χ0v) is 20.5. The van der Waals surface area contributed by atoms with Crippen molar-refractivity contribution in [3.63, 3.8) is 0 Å². The standard InChI is InChI=1S/C24H23ClN4O5S/c1-14-13-35-24(27-14)28-21(30)15-7-18(33-17-3-6-32-12-17)10-19(8-15)34-22-20(25)9-16(11-26-22)23(31)29-4-2-5-29/h7-11,13,17H,2-6,12H2,1H3,(H,27,28,30). The van der Waals surface area contributed by atoms with Crippen LogP contribution in [0.1, 0.15) is 39.3 Å². The van der Waals surface area contributed by atoms with Gasteiger partial charge in [-0.3, -0.25) is 14.9 Å². The number of benzene rings is 1. The maximum Gasteiger partial charge on any atom is 0.257 e. The van der Waals surface area contributed by atoms with Gasteiger partial charge in [-0.2, -0.15) is 0 Å². The van der Waals surface area contributed by atoms with E-state index in [2.05, 4.69) is 15.3 Å². The minimum absolute atomic E-state index is 0.109. The van der Waals surface area contributed by atoms with E-state index in [1.165, 1.54) is 17.5 Å². The van der Waals surface area contributed by atoms with Crippen molar-refractivity contribution in [2.24, 2.45) is 0 Å². The number of hydrogen-bond donors (Lipinski definition) is 1. The lowest BCUT2D eigenvalue weighted by Crippen LogP contribution is -2.42. The number of thiazole rings is 1. The van der Waals surface area contributed by atoms with Gasteiger partial charge in [0.25, 0.3) is 11.8 Å². The molecule has 2 aliphatic heterocycles. The molecular formula is C24H23ClN4O5S. The molecule has 182 valence electrons. The van der Waals surface area contributed by atoms with Crippen LogP contribution < -0.4 is 14.8 Å². The quantitative estimate of drug-likeness (QED) is 0.493. The van der Waals surface area contributed by atoms with Crippen LogP contribution in [0.5, 0.6) is 17.4 Å². The van der Waals surface area contributed by atoms with Crippen molar-refractivity contribution in [3.05, 3.63) is 57.7 Å². The van der Waals surface area contributed by atoms with Crippen LogP contribution in [0.2, 0.25) is 5.02 Å². The molecule has 1 unspecified atom stereocenters. The number of hydrogen-bond acceptors (Lipinski definition) is 8. The Morgan fingerprint density at radius 1 is 1.20 bits per heavy atom. The van der Waals surface area contributed by atoms with Crippen LogP contribution in [0.3, 0.4) is 0 Å². The molecule has 3 aromatic rings. The molecule has 2 aromatic heterocycles. The second kappa shape index (κ2) is 10.2. The summed E-state index contributed by atoms with van der Waals surface area (Å²) in [6.45, 7) is 4.43. The van der Waals surface area contributed by atoms with E-state index < -0.39 is 0 Å². The van der Waals surface area contributed by atoms with Crippen molar-refractivity contribution in [2.45, 2.75) is 25.9 Å². The second-order valence-electron chi connectivity index (χ2n) is 8.30. The average Bonchev–Trinajstić information content (AvgIpc) is 3.45. The number of amides is 2. The summed E-state index contributed by atoms with van der Waals surface area (Å²) in [6, 6.07) is 6.43. The first-order valence-electron chi connectivity index (χ1n) is 11.2. The lowest BCUT2D eigenvalue weighted by molar-refractivity contribution is 0.0651. The largest absolute Gasteiger partial charge is 0.488 e. The van der Waals surface area contributed by atoms with Gasteiger partial charge in [-0.15, -0.1) is 11.3 Å². The fourth-order valence-electron chi connectivity index (χ4n) is 3.64. The summed E-state index contributed by atoms with van der Waals surface area (Å²) in [4.78, 5) is 35.6. The highest BCUT2D eigenvalue weighted by molar-refractivity contribution is 7.13. The Hall–Kier alpha value is -3.21. The molecular weight excluding hydrogens is 492 g/mol. The average molecular weight is 515 g/mol. The van der Waals surface area contributed by atoms with Gasteiger partial charge in [0, 0.05) is 42.7 Å². The fraction of sp³-hybridized carbons (Fsp3) is 0.333. The monoisotopic (exact) mass is 514 g/mol. The molecule has 0 bridgehead atoms. The van der Waals surface area contributed by atoms with E-state index in [4.69, 9.17) is 25.8 Å². The first-order chi connectivity index (χ1) is 16.9. The fourth-order valence-corrected chi connectivity index (χ4v) is 4.53. The van der Waals surface area contributed by atoms with Crippen LogP contribution in [0.4, 0.5) is 5.13 Å². The number of aromatic nitrogens is 2. The molecule has 0 saturated carbocycles. The van der Waals surface area contributed by atoms with Gasteiger partial charge in [0.05, 0.1) is 24.5 Å². The van der Waals surface area contributed by atoms with Crippen molar-refractivity contribution >= 4 is 39.9 Å². The Labute approximate surface area is 211 Å². The predicted octanol–water partition coefficient (Wildman–Crippen LogP) is 4.56. The van der Waals surface area contributed by atoms with Gasteiger partial charge in [0.15, 0.2) is 5.13 Å². The number of nitrogens with zero attached hydrogens (tertiary/aromatic N) is 3. The number of rotatable bonds is 7. The third kappa shape index (κ3) is 5.55. The van der Waals surface area contributed by atoms with Gasteiger partial charge in [-0.1, -0.05) is 11.6 Å². The Morgan fingerprint density at radius 3 is 2.69 bits per heavy atom. The number of aryl methyl sites for hydroxylation is 1. The Morgan fingerprint density at radius 2 is 2.03 bits per heavy atom. The zero-order chi connectivity index (χ0) is 24.4. The molecule has 2 saturated heterocycles. The van der Waals surface area contributed by atoms with E-state index in [0.717, 1.165) is 31.6 Å². The molecule has 2 aliphatic rings. The maximum absolute atomic E-state index is 12.9. The van der Waals surface area contributed by atoms with Crippen LogP contribution in [-0.2, 0) is 4.74 Å². The Balaban J connectivity index is 1.39. The van der Waals surface area contributed by atoms with Gasteiger partial charge >= 0.3 is 0 Å². The van der Waals surface area contributed by atoms with Crippen LogP contribution in [-0.4, -0.2) is 59.1 Å². The molecule has 0 radical (unpaired) electrons. The first kappa shape index (κ1) is 23.5. The van der Waals surface area contributed by atoms with E-state index in [1.807, 2.05) is 12.3 Å². The zero-order valence-electron chi connectivity index (χ0n) is 19.0. The molecule has 5 rings (SSSR count). The molecule has 11 heteroatoms. The van der Waals surface area contributed by atoms with Crippen molar-refractivity contribution in [1.82, 2.24) is 14.9 Å². The van der Waals surface area contributed by atoms with E-state index in [1.54, 1.807) is 29.2 Å². The van der Waals surface area contributed by atoms with E-state index in [-0.39, 0.29) is 28.8 Å². The van der Waals surface area contributed by atoms with Gasteiger partial charge in [-0.05, 0) is 31.5 Å². The summed E-state index contributed by atoms with van der Waals surface area (Å²) in [7, 11) is 0. The van der Waals surface area contributed by atoms with Crippen LogP contribution in [0, 0.1) is 6.92 Å². The molecule has 1 aromatic carbocycles. The molecule has 35 heavy (non-hydrogen) atoms. The smallest absolute Gasteiger partial charge is 0.257 e. The van der Waals surface area contributed by atoms with Crippen LogP contribution in [0.25, 0.3) is 0 Å². The van der Waals surface area contributed by atoms with Gasteiger partial charge in [-0.25, -0.2) is 9.97 Å². The number of ether oxygens (including phenoxy) is 3. The Bertz CT molecular complexity index is 1260. The van der Waals surface area contributed by atoms with Crippen molar-refractivity contribution in [3.8, 4) is 17.4 Å². The highest BCUT2D eigenvalue weighted by Gasteiger charge is 2.23. The summed E-state index contributed by atoms with van der Waals surface area (Å²) in [5, 5.41) is 5.34. The summed E-state index contributed by atoms with van der Waals surface area (Å²) in [5.74, 6) is 0.432. The number of pyridine rings is 1. The first-order valence-corrected chi connectivity index (χ1v) is 12.5. The molecule has 1 N–H and O–H groups in total. The van der Waals surface area contributed by atoms with Crippen molar-refractivity contribution in [2.75, 3.05) is 31.6 Å². The van der Waals surface area contributed by atoms with Crippen LogP contribution in [0.15, 0.2) is 35.8 Å². The van der Waals surface area contributed by atoms with E-state index in [0.29, 0.717) is 41.0 Å². The third-order valence-corrected chi connectivity index (χ3v) is 6.73. The van der Waals surface area contributed by atoms with Crippen molar-refractivity contribution < 1.29 is 23.8 Å². The number of likely N-dealkylation sites (tertiary alicyclic amines) is 1. The second-order valence-corrected chi connectivity index (χ2v) is 9.57. The SMILES string of the molecule is Cc1csc(NC(=O)c2cc(Oc3ncc(C(=O)N4CCC4)cc3Cl)cc(OC3CCOC3)c2)n1. The van der Waals surface area contributed by atoms with Gasteiger partial charge in [0.1, 0.15) is 22.6 Å². The highest BCUT2D eigenvalue weighted by Crippen LogP contribution is 2.32. The van der Waals surface area contributed by atoms with Gasteiger partial charge in [0.2, 0.25) is 5.88 Å². The molecule has 9 nitrogen and oxygen atoms in total. The topological polar surface area (TPSA) is 103 Å². The Kier molecular flexibility index (Phi) is 6.85. The predicted molar refractivity (Wildman–Crippen MR) is 131 cm³/mol. The summed E-state index contributed by atoms with van der Waals surface area (Å²) in [6.07, 6.45) is 3.08. The lowest BCUT2D eigenvalue weighted by Gasteiger charge is -2.30. The molecule has 0 aliphatic carbocycles. The number of carbonyl (C=O) groups excluding carboxylic acids is 2. The number of halogens is 1. The summed E-state index contributed by atoms with van der Waals surface area (Å²) in [5.41, 5.74) is 1.55. The van der Waals surface area contributed by atoms with Crippen molar-refractivity contribution in [1.29, 1.82) is 0 Å². The lowest BCUT2D eigenvalue weighted by atomic mass is 10.1. The molecule has 2 fully saturated rings. The maximum atomic E-state index is 12.9. The molecule has 2 amide bonds. The number of anilines is 1. The van der Waals surface area contributed by atoms with Crippen LogP contribution >= 0.6 is 22.9 Å². The van der Waals surface area contributed by atoms with Gasteiger partial charge < -0.3 is 19.1 Å². The highest BCUT2D eigenvalue weighted by atomic mass is 35.5. The molecule has 1 atom stereocenters. The number of nitrogens with one attached hydrogen (secondary N) is 1. The van der Waals surface area contributed by atoms with E-state index in [9.17, 15) is 9.59 Å². The number of carbonyl (C=O) groups is 2.